The van der Waals surface area contributed by atoms with Crippen molar-refractivity contribution in [3.8, 4) is 0 Å². The standard InChI is InChI=1S/C5H7ClN2/c6-7-8-4-2-1-3-5-8/h1-4,7H,5H2. The Morgan fingerprint density at radius 2 is 2.38 bits per heavy atom. The van der Waals surface area contributed by atoms with Crippen molar-refractivity contribution >= 4 is 11.8 Å². The molecule has 0 aliphatic carbocycles. The van der Waals surface area contributed by atoms with E-state index in [0.717, 1.165) is 6.54 Å². The zero-order valence-electron chi connectivity index (χ0n) is 4.34. The molecule has 1 heterocycles. The molecule has 0 saturated carbocycles. The van der Waals surface area contributed by atoms with E-state index in [0.29, 0.717) is 0 Å². The maximum Gasteiger partial charge on any atom is 0.0534 e. The van der Waals surface area contributed by atoms with E-state index >= 15 is 0 Å². The van der Waals surface area contributed by atoms with Gasteiger partial charge in [-0.1, -0.05) is 12.2 Å². The van der Waals surface area contributed by atoms with Crippen molar-refractivity contribution in [2.24, 2.45) is 0 Å². The van der Waals surface area contributed by atoms with Crippen LogP contribution in [0.25, 0.3) is 0 Å². The summed E-state index contributed by atoms with van der Waals surface area (Å²) in [6, 6.07) is 0. The van der Waals surface area contributed by atoms with Crippen LogP contribution in [-0.4, -0.2) is 11.6 Å². The van der Waals surface area contributed by atoms with Crippen molar-refractivity contribution in [1.82, 2.24) is 9.95 Å². The highest BCUT2D eigenvalue weighted by atomic mass is 35.5. The second-order valence-electron chi connectivity index (χ2n) is 1.51. The fourth-order valence-electron chi connectivity index (χ4n) is 0.530. The van der Waals surface area contributed by atoms with E-state index in [2.05, 4.69) is 4.94 Å². The molecule has 3 heteroatoms. The average molecular weight is 131 g/mol. The molecular weight excluding hydrogens is 124 g/mol. The summed E-state index contributed by atoms with van der Waals surface area (Å²) < 4.78 is 0. The minimum Gasteiger partial charge on any atom is -0.298 e. The number of nitrogens with zero attached hydrogens (tertiary/aromatic N) is 1. The molecule has 0 bridgehead atoms. The van der Waals surface area contributed by atoms with Gasteiger partial charge in [0, 0.05) is 6.20 Å². The minimum atomic E-state index is 0.833. The van der Waals surface area contributed by atoms with Gasteiger partial charge in [0.25, 0.3) is 0 Å². The van der Waals surface area contributed by atoms with Crippen LogP contribution in [-0.2, 0) is 0 Å². The van der Waals surface area contributed by atoms with Crippen LogP contribution in [0.3, 0.4) is 0 Å². The molecule has 1 aliphatic heterocycles. The maximum atomic E-state index is 5.27. The summed E-state index contributed by atoms with van der Waals surface area (Å²) in [5.74, 6) is 0. The Morgan fingerprint density at radius 1 is 1.50 bits per heavy atom. The van der Waals surface area contributed by atoms with Crippen LogP contribution in [0, 0.1) is 0 Å². The highest BCUT2D eigenvalue weighted by molar-refractivity contribution is 6.13. The number of rotatable bonds is 1. The molecule has 0 atom stereocenters. The van der Waals surface area contributed by atoms with Crippen LogP contribution in [0.4, 0.5) is 0 Å². The van der Waals surface area contributed by atoms with Crippen molar-refractivity contribution in [2.75, 3.05) is 6.54 Å². The molecule has 0 unspecified atom stereocenters. The van der Waals surface area contributed by atoms with E-state index in [1.54, 1.807) is 5.01 Å². The van der Waals surface area contributed by atoms with Gasteiger partial charge in [-0.25, -0.2) is 0 Å². The minimum absolute atomic E-state index is 0.833. The van der Waals surface area contributed by atoms with E-state index < -0.39 is 0 Å². The molecule has 44 valence electrons. The molecule has 0 radical (unpaired) electrons. The van der Waals surface area contributed by atoms with Crippen molar-refractivity contribution < 1.29 is 0 Å². The van der Waals surface area contributed by atoms with Gasteiger partial charge in [0.15, 0.2) is 0 Å². The van der Waals surface area contributed by atoms with Gasteiger partial charge >= 0.3 is 0 Å². The second kappa shape index (κ2) is 2.74. The fraction of sp³-hybridized carbons (Fsp3) is 0.200. The zero-order valence-corrected chi connectivity index (χ0v) is 5.10. The van der Waals surface area contributed by atoms with Gasteiger partial charge in [-0.3, -0.25) is 5.01 Å². The molecule has 0 amide bonds. The van der Waals surface area contributed by atoms with E-state index in [9.17, 15) is 0 Å². The molecule has 1 aliphatic rings. The Balaban J connectivity index is 2.40. The lowest BCUT2D eigenvalue weighted by atomic mass is 10.4. The van der Waals surface area contributed by atoms with Gasteiger partial charge < -0.3 is 0 Å². The summed E-state index contributed by atoms with van der Waals surface area (Å²) in [6.45, 7) is 0.833. The normalized spacial score (nSPS) is 17.4. The number of halogens is 1. The summed E-state index contributed by atoms with van der Waals surface area (Å²) in [4.78, 5) is 2.47. The SMILES string of the molecule is ClNN1C=CC=CC1. The van der Waals surface area contributed by atoms with Crippen LogP contribution in [0.2, 0.25) is 0 Å². The van der Waals surface area contributed by atoms with Crippen molar-refractivity contribution in [3.05, 3.63) is 24.4 Å². The van der Waals surface area contributed by atoms with Gasteiger partial charge in [0.2, 0.25) is 0 Å². The highest BCUT2D eigenvalue weighted by Crippen LogP contribution is 1.93. The molecule has 0 fully saturated rings. The molecule has 0 aromatic heterocycles. The largest absolute Gasteiger partial charge is 0.298 e. The molecule has 1 rings (SSSR count). The summed E-state index contributed by atoms with van der Waals surface area (Å²) >= 11 is 5.27. The summed E-state index contributed by atoms with van der Waals surface area (Å²) in [7, 11) is 0. The molecule has 0 saturated heterocycles. The topological polar surface area (TPSA) is 15.3 Å². The maximum absolute atomic E-state index is 5.27. The lowest BCUT2D eigenvalue weighted by molar-refractivity contribution is 0.382. The number of hydrazine groups is 1. The number of nitrogens with one attached hydrogen (secondary N) is 1. The Morgan fingerprint density at radius 3 is 2.75 bits per heavy atom. The van der Waals surface area contributed by atoms with Crippen LogP contribution < -0.4 is 4.94 Å². The molecular formula is C5H7ClN2. The quantitative estimate of drug-likeness (QED) is 0.534. The Bertz CT molecular complexity index is 120. The first kappa shape index (κ1) is 5.66. The van der Waals surface area contributed by atoms with Crippen LogP contribution in [0.1, 0.15) is 0 Å². The first-order chi connectivity index (χ1) is 3.93. The van der Waals surface area contributed by atoms with Gasteiger partial charge in [-0.2, -0.15) is 0 Å². The fourth-order valence-corrected chi connectivity index (χ4v) is 0.655. The van der Waals surface area contributed by atoms with E-state index in [4.69, 9.17) is 11.8 Å². The third kappa shape index (κ3) is 1.25. The van der Waals surface area contributed by atoms with Gasteiger partial charge in [-0.05, 0) is 17.9 Å². The van der Waals surface area contributed by atoms with E-state index in [1.165, 1.54) is 0 Å². The Hall–Kier alpha value is -0.470. The molecule has 0 spiro atoms. The summed E-state index contributed by atoms with van der Waals surface area (Å²) in [6.07, 6.45) is 7.77. The highest BCUT2D eigenvalue weighted by Gasteiger charge is 1.92. The van der Waals surface area contributed by atoms with Gasteiger partial charge in [0.05, 0.1) is 6.54 Å². The summed E-state index contributed by atoms with van der Waals surface area (Å²) in [5, 5.41) is 1.77. The van der Waals surface area contributed by atoms with Crippen molar-refractivity contribution in [1.29, 1.82) is 0 Å². The smallest absolute Gasteiger partial charge is 0.0534 e. The van der Waals surface area contributed by atoms with Crippen LogP contribution >= 0.6 is 11.8 Å². The van der Waals surface area contributed by atoms with Crippen LogP contribution in [0.15, 0.2) is 24.4 Å². The molecule has 0 aromatic rings. The van der Waals surface area contributed by atoms with Crippen molar-refractivity contribution in [3.63, 3.8) is 0 Å². The Kier molecular flexibility index (Phi) is 1.94. The van der Waals surface area contributed by atoms with Crippen LogP contribution in [0.5, 0.6) is 0 Å². The lowest BCUT2D eigenvalue weighted by Crippen LogP contribution is -2.26. The predicted molar refractivity (Wildman–Crippen MR) is 34.0 cm³/mol. The lowest BCUT2D eigenvalue weighted by Gasteiger charge is -2.15. The third-order valence-electron chi connectivity index (χ3n) is 0.924. The van der Waals surface area contributed by atoms with Crippen molar-refractivity contribution in [2.45, 2.75) is 0 Å². The number of hydrogen-bond donors (Lipinski definition) is 1. The molecule has 0 aromatic carbocycles. The first-order valence-electron chi connectivity index (χ1n) is 2.40. The third-order valence-corrected chi connectivity index (χ3v) is 1.14. The molecule has 8 heavy (non-hydrogen) atoms. The van der Waals surface area contributed by atoms with Gasteiger partial charge in [0.1, 0.15) is 0 Å². The summed E-state index contributed by atoms with van der Waals surface area (Å²) in [5.41, 5.74) is 0. The molecule has 2 nitrogen and oxygen atoms in total. The number of hydrogen-bond acceptors (Lipinski definition) is 2. The average Bonchev–Trinajstić information content (AvgIpc) is 1.90. The zero-order chi connectivity index (χ0) is 5.82. The number of allylic oxidation sites excluding steroid dienone is 2. The van der Waals surface area contributed by atoms with E-state index in [-0.39, 0.29) is 0 Å². The van der Waals surface area contributed by atoms with E-state index in [1.807, 2.05) is 24.4 Å². The second-order valence-corrected chi connectivity index (χ2v) is 1.68. The Labute approximate surface area is 53.5 Å². The first-order valence-corrected chi connectivity index (χ1v) is 2.77. The molecule has 1 N–H and O–H groups in total. The monoisotopic (exact) mass is 130 g/mol. The van der Waals surface area contributed by atoms with Gasteiger partial charge in [-0.15, -0.1) is 4.94 Å². The predicted octanol–water partition coefficient (Wildman–Crippen LogP) is 1.03.